The highest BCUT2D eigenvalue weighted by Crippen LogP contribution is 2.49. The van der Waals surface area contributed by atoms with Gasteiger partial charge in [0.05, 0.1) is 11.4 Å². The molecule has 1 N–H and O–H groups in total. The van der Waals surface area contributed by atoms with Crippen LogP contribution in [0.1, 0.15) is 23.1 Å². The Bertz CT molecular complexity index is 1020. The minimum Gasteiger partial charge on any atom is -0.508 e. The van der Waals surface area contributed by atoms with Gasteiger partial charge in [-0.2, -0.15) is 0 Å². The maximum absolute atomic E-state index is 10.0. The van der Waals surface area contributed by atoms with Gasteiger partial charge in [0.2, 0.25) is 0 Å². The number of hydrogen-bond acceptors (Lipinski definition) is 4. The summed E-state index contributed by atoms with van der Waals surface area (Å²) in [6, 6.07) is 20.8. The van der Waals surface area contributed by atoms with E-state index in [1.165, 1.54) is 32.3 Å². The van der Waals surface area contributed by atoms with Crippen LogP contribution in [-0.2, 0) is 6.54 Å². The number of aromatic hydroxyl groups is 1. The van der Waals surface area contributed by atoms with Crippen LogP contribution >= 0.6 is 11.8 Å². The molecule has 1 aliphatic heterocycles. The maximum Gasteiger partial charge on any atom is 0.120 e. The average molecular weight is 405 g/mol. The molecule has 0 radical (unpaired) electrons. The molecule has 3 aromatic carbocycles. The van der Waals surface area contributed by atoms with E-state index in [-0.39, 0.29) is 0 Å². The van der Waals surface area contributed by atoms with Gasteiger partial charge in [0.1, 0.15) is 5.75 Å². The largest absolute Gasteiger partial charge is 0.508 e. The molecule has 0 aliphatic carbocycles. The van der Waals surface area contributed by atoms with Crippen LogP contribution in [-0.4, -0.2) is 30.1 Å². The summed E-state index contributed by atoms with van der Waals surface area (Å²) in [4.78, 5) is 7.45. The Morgan fingerprint density at radius 1 is 0.931 bits per heavy atom. The smallest absolute Gasteiger partial charge is 0.120 e. The Morgan fingerprint density at radius 3 is 2.52 bits per heavy atom. The van der Waals surface area contributed by atoms with Crippen molar-refractivity contribution < 1.29 is 5.11 Å². The van der Waals surface area contributed by atoms with Crippen LogP contribution in [0.2, 0.25) is 0 Å². The SMILES string of the molecule is Cc1ccc2c(c1C)N(CCCN(C)Cc1ccccc1O)c1ccccc1S2. The van der Waals surface area contributed by atoms with Crippen molar-refractivity contribution in [3.8, 4) is 5.75 Å². The van der Waals surface area contributed by atoms with E-state index in [1.54, 1.807) is 6.07 Å². The van der Waals surface area contributed by atoms with E-state index in [1.807, 2.05) is 30.0 Å². The first kappa shape index (κ1) is 19.9. The normalized spacial score (nSPS) is 12.8. The number of phenols is 1. The van der Waals surface area contributed by atoms with Gasteiger partial charge in [-0.1, -0.05) is 48.2 Å². The van der Waals surface area contributed by atoms with Crippen LogP contribution in [0.15, 0.2) is 70.5 Å². The van der Waals surface area contributed by atoms with Gasteiger partial charge in [-0.25, -0.2) is 0 Å². The van der Waals surface area contributed by atoms with Crippen LogP contribution in [0.4, 0.5) is 11.4 Å². The third-order valence-electron chi connectivity index (χ3n) is 5.66. The third-order valence-corrected chi connectivity index (χ3v) is 6.78. The topological polar surface area (TPSA) is 26.7 Å². The summed E-state index contributed by atoms with van der Waals surface area (Å²) in [7, 11) is 2.12. The summed E-state index contributed by atoms with van der Waals surface area (Å²) >= 11 is 1.87. The number of rotatable bonds is 6. The minimum atomic E-state index is 0.376. The summed E-state index contributed by atoms with van der Waals surface area (Å²) in [6.07, 6.45) is 1.05. The fourth-order valence-electron chi connectivity index (χ4n) is 3.94. The van der Waals surface area contributed by atoms with Crippen molar-refractivity contribution in [2.24, 2.45) is 0 Å². The second-order valence-electron chi connectivity index (χ2n) is 7.80. The Balaban J connectivity index is 1.50. The summed E-state index contributed by atoms with van der Waals surface area (Å²) in [5.74, 6) is 0.376. The summed E-state index contributed by atoms with van der Waals surface area (Å²) < 4.78 is 0. The van der Waals surface area contributed by atoms with Gasteiger partial charge in [-0.05, 0) is 69.3 Å². The van der Waals surface area contributed by atoms with E-state index >= 15 is 0 Å². The second kappa shape index (κ2) is 8.52. The molecule has 0 fully saturated rings. The zero-order valence-corrected chi connectivity index (χ0v) is 18.2. The molecule has 0 bridgehead atoms. The lowest BCUT2D eigenvalue weighted by Gasteiger charge is -2.35. The number of hydrogen-bond donors (Lipinski definition) is 1. The molecule has 0 saturated heterocycles. The monoisotopic (exact) mass is 404 g/mol. The lowest BCUT2D eigenvalue weighted by molar-refractivity contribution is 0.317. The molecule has 1 heterocycles. The molecule has 4 heteroatoms. The molecule has 0 spiro atoms. The van der Waals surface area contributed by atoms with Crippen molar-refractivity contribution in [3.63, 3.8) is 0 Å². The number of phenolic OH excluding ortho intramolecular Hbond substituents is 1. The summed E-state index contributed by atoms with van der Waals surface area (Å²) in [5.41, 5.74) is 6.35. The number of aryl methyl sites for hydroxylation is 1. The highest BCUT2D eigenvalue weighted by Gasteiger charge is 2.25. The van der Waals surface area contributed by atoms with Crippen molar-refractivity contribution in [3.05, 3.63) is 77.4 Å². The quantitative estimate of drug-likeness (QED) is 0.534. The van der Waals surface area contributed by atoms with Crippen LogP contribution in [0.3, 0.4) is 0 Å². The van der Waals surface area contributed by atoms with Crippen molar-refractivity contribution in [1.82, 2.24) is 4.90 Å². The van der Waals surface area contributed by atoms with E-state index in [9.17, 15) is 5.11 Å². The molecular weight excluding hydrogens is 376 g/mol. The van der Waals surface area contributed by atoms with Gasteiger partial charge in [-0.15, -0.1) is 0 Å². The van der Waals surface area contributed by atoms with E-state index < -0.39 is 0 Å². The van der Waals surface area contributed by atoms with Gasteiger partial charge >= 0.3 is 0 Å². The number of anilines is 2. The molecule has 4 rings (SSSR count). The van der Waals surface area contributed by atoms with Gasteiger partial charge in [0.25, 0.3) is 0 Å². The maximum atomic E-state index is 10.0. The molecule has 150 valence electrons. The highest BCUT2D eigenvalue weighted by atomic mass is 32.2. The van der Waals surface area contributed by atoms with E-state index in [0.29, 0.717) is 5.75 Å². The van der Waals surface area contributed by atoms with E-state index in [0.717, 1.165) is 31.6 Å². The zero-order valence-electron chi connectivity index (χ0n) is 17.4. The standard InChI is InChI=1S/C25H28N2OS/c1-18-13-14-24-25(19(18)2)27(21-10-5-7-12-23(21)29-24)16-8-15-26(3)17-20-9-4-6-11-22(20)28/h4-7,9-14,28H,8,15-17H2,1-3H3. The Kier molecular flexibility index (Phi) is 5.84. The number of nitrogens with zero attached hydrogens (tertiary/aromatic N) is 2. The fourth-order valence-corrected chi connectivity index (χ4v) is 5.11. The number of benzene rings is 3. The first-order valence-corrected chi connectivity index (χ1v) is 11.0. The summed E-state index contributed by atoms with van der Waals surface area (Å²) in [5, 5.41) is 10.0. The first-order valence-electron chi connectivity index (χ1n) is 10.1. The fraction of sp³-hybridized carbons (Fsp3) is 0.280. The molecule has 1 aliphatic rings. The predicted molar refractivity (Wildman–Crippen MR) is 123 cm³/mol. The van der Waals surface area contributed by atoms with Crippen LogP contribution in [0, 0.1) is 13.8 Å². The second-order valence-corrected chi connectivity index (χ2v) is 8.88. The summed E-state index contributed by atoms with van der Waals surface area (Å²) in [6.45, 7) is 7.13. The van der Waals surface area contributed by atoms with Crippen LogP contribution in [0.5, 0.6) is 5.75 Å². The number of para-hydroxylation sites is 2. The molecule has 0 saturated carbocycles. The Morgan fingerprint density at radius 2 is 1.69 bits per heavy atom. The molecule has 0 aromatic heterocycles. The lowest BCUT2D eigenvalue weighted by atomic mass is 10.1. The van der Waals surface area contributed by atoms with E-state index in [2.05, 4.69) is 67.1 Å². The average Bonchev–Trinajstić information content (AvgIpc) is 2.72. The van der Waals surface area contributed by atoms with Crippen molar-refractivity contribution in [2.45, 2.75) is 36.6 Å². The van der Waals surface area contributed by atoms with Crippen molar-refractivity contribution >= 4 is 23.1 Å². The Hall–Kier alpha value is -2.43. The zero-order chi connectivity index (χ0) is 20.4. The molecule has 0 amide bonds. The molecule has 0 unspecified atom stereocenters. The van der Waals surface area contributed by atoms with Gasteiger partial charge in [0.15, 0.2) is 0 Å². The first-order chi connectivity index (χ1) is 14.0. The van der Waals surface area contributed by atoms with Crippen LogP contribution in [0.25, 0.3) is 0 Å². The third kappa shape index (κ3) is 4.14. The Labute approximate surface area is 178 Å². The van der Waals surface area contributed by atoms with Gasteiger partial charge in [-0.3, -0.25) is 0 Å². The van der Waals surface area contributed by atoms with Crippen molar-refractivity contribution in [2.75, 3.05) is 25.0 Å². The molecule has 3 aromatic rings. The predicted octanol–water partition coefficient (Wildman–Crippen LogP) is 6.13. The highest BCUT2D eigenvalue weighted by molar-refractivity contribution is 7.99. The molecular formula is C25H28N2OS. The van der Waals surface area contributed by atoms with Gasteiger partial charge < -0.3 is 14.9 Å². The minimum absolute atomic E-state index is 0.376. The van der Waals surface area contributed by atoms with Crippen LogP contribution < -0.4 is 4.90 Å². The van der Waals surface area contributed by atoms with Gasteiger partial charge in [0, 0.05) is 28.4 Å². The number of fused-ring (bicyclic) bond motifs is 2. The molecule has 0 atom stereocenters. The lowest BCUT2D eigenvalue weighted by Crippen LogP contribution is -2.27. The van der Waals surface area contributed by atoms with Crippen molar-refractivity contribution in [1.29, 1.82) is 0 Å². The molecule has 29 heavy (non-hydrogen) atoms. The van der Waals surface area contributed by atoms with E-state index in [4.69, 9.17) is 0 Å². The molecule has 3 nitrogen and oxygen atoms in total.